The Labute approximate surface area is 126 Å². The van der Waals surface area contributed by atoms with Gasteiger partial charge in [-0.15, -0.1) is 0 Å². The molecule has 122 valence electrons. The fraction of sp³-hybridized carbons (Fsp3) is 0.867. The van der Waals surface area contributed by atoms with Gasteiger partial charge >= 0.3 is 5.97 Å². The molecule has 1 amide bonds. The van der Waals surface area contributed by atoms with Crippen molar-refractivity contribution in [3.05, 3.63) is 0 Å². The quantitative estimate of drug-likeness (QED) is 0.624. The van der Waals surface area contributed by atoms with Gasteiger partial charge in [-0.05, 0) is 37.5 Å². The number of nitrogens with one attached hydrogen (secondary N) is 1. The summed E-state index contributed by atoms with van der Waals surface area (Å²) in [5, 5.41) is 11.7. The molecule has 0 saturated carbocycles. The Kier molecular flexibility index (Phi) is 7.11. The highest BCUT2D eigenvalue weighted by Gasteiger charge is 2.35. The van der Waals surface area contributed by atoms with E-state index in [2.05, 4.69) is 19.2 Å². The minimum atomic E-state index is -0.813. The van der Waals surface area contributed by atoms with Crippen LogP contribution in [0.25, 0.3) is 0 Å². The normalized spacial score (nSPS) is 19.2. The van der Waals surface area contributed by atoms with E-state index in [1.165, 1.54) is 0 Å². The van der Waals surface area contributed by atoms with Gasteiger partial charge in [-0.25, -0.2) is 0 Å². The molecule has 1 unspecified atom stereocenters. The first-order chi connectivity index (χ1) is 9.85. The highest BCUT2D eigenvalue weighted by molar-refractivity contribution is 5.86. The third-order valence-electron chi connectivity index (χ3n) is 4.31. The number of ether oxygens (including phenoxy) is 1. The molecule has 0 bridgehead atoms. The van der Waals surface area contributed by atoms with E-state index in [1.54, 1.807) is 0 Å². The molecule has 0 aliphatic carbocycles. The van der Waals surface area contributed by atoms with Crippen molar-refractivity contribution in [1.82, 2.24) is 5.32 Å². The third-order valence-corrected chi connectivity index (χ3v) is 4.31. The maximum Gasteiger partial charge on any atom is 0.303 e. The first-order valence-corrected chi connectivity index (χ1v) is 7.72. The van der Waals surface area contributed by atoms with Crippen LogP contribution in [0.3, 0.4) is 0 Å². The summed E-state index contributed by atoms with van der Waals surface area (Å²) in [6.45, 7) is 5.75. The fourth-order valence-corrected chi connectivity index (χ4v) is 2.63. The Morgan fingerprint density at radius 2 is 1.90 bits per heavy atom. The number of carbonyl (C=O) groups excluding carboxylic acids is 1. The molecule has 0 aromatic carbocycles. The molecule has 0 aromatic rings. The predicted molar refractivity (Wildman–Crippen MR) is 79.8 cm³/mol. The van der Waals surface area contributed by atoms with Gasteiger partial charge in [-0.3, -0.25) is 9.59 Å². The van der Waals surface area contributed by atoms with Crippen molar-refractivity contribution in [3.8, 4) is 0 Å². The number of amides is 1. The van der Waals surface area contributed by atoms with Gasteiger partial charge in [0, 0.05) is 26.2 Å². The van der Waals surface area contributed by atoms with Crippen molar-refractivity contribution in [2.24, 2.45) is 17.6 Å². The second kappa shape index (κ2) is 8.34. The lowest BCUT2D eigenvalue weighted by Gasteiger charge is -2.32. The second-order valence-electron chi connectivity index (χ2n) is 6.25. The van der Waals surface area contributed by atoms with Crippen LogP contribution in [0.4, 0.5) is 0 Å². The molecule has 1 fully saturated rings. The fourth-order valence-electron chi connectivity index (χ4n) is 2.63. The Bertz CT molecular complexity index is 352. The van der Waals surface area contributed by atoms with Crippen LogP contribution in [-0.2, 0) is 14.3 Å². The van der Waals surface area contributed by atoms with Crippen LogP contribution in [0, 0.1) is 11.8 Å². The smallest absolute Gasteiger partial charge is 0.303 e. The van der Waals surface area contributed by atoms with Gasteiger partial charge in [0.25, 0.3) is 0 Å². The third kappa shape index (κ3) is 6.01. The first kappa shape index (κ1) is 17.9. The van der Waals surface area contributed by atoms with E-state index in [4.69, 9.17) is 15.6 Å². The van der Waals surface area contributed by atoms with Crippen LogP contribution in [0.15, 0.2) is 0 Å². The number of hydrogen-bond donors (Lipinski definition) is 3. The summed E-state index contributed by atoms with van der Waals surface area (Å²) in [5.41, 5.74) is 5.30. The zero-order valence-electron chi connectivity index (χ0n) is 13.1. The molecule has 1 aliphatic heterocycles. The monoisotopic (exact) mass is 300 g/mol. The summed E-state index contributed by atoms with van der Waals surface area (Å²) >= 11 is 0. The molecule has 21 heavy (non-hydrogen) atoms. The van der Waals surface area contributed by atoms with Crippen LogP contribution in [0.2, 0.25) is 0 Å². The number of nitrogens with two attached hydrogens (primary N) is 1. The highest BCUT2D eigenvalue weighted by atomic mass is 16.5. The molecule has 6 heteroatoms. The molecule has 1 heterocycles. The molecular formula is C15H28N2O4. The summed E-state index contributed by atoms with van der Waals surface area (Å²) in [4.78, 5) is 22.8. The lowest BCUT2D eigenvalue weighted by atomic mass is 9.87. The van der Waals surface area contributed by atoms with E-state index >= 15 is 0 Å². The molecule has 4 N–H and O–H groups in total. The molecule has 1 aliphatic rings. The number of carbonyl (C=O) groups is 2. The number of rotatable bonds is 8. The van der Waals surface area contributed by atoms with E-state index in [0.29, 0.717) is 50.9 Å². The summed E-state index contributed by atoms with van der Waals surface area (Å²) in [7, 11) is 0. The van der Waals surface area contributed by atoms with E-state index in [1.807, 2.05) is 0 Å². The average molecular weight is 300 g/mol. The summed E-state index contributed by atoms with van der Waals surface area (Å²) in [5.74, 6) is -0.194. The lowest BCUT2D eigenvalue weighted by Crippen LogP contribution is -2.57. The number of hydrogen-bond acceptors (Lipinski definition) is 4. The van der Waals surface area contributed by atoms with Crippen molar-refractivity contribution in [1.29, 1.82) is 0 Å². The van der Waals surface area contributed by atoms with Crippen molar-refractivity contribution in [2.45, 2.75) is 51.5 Å². The van der Waals surface area contributed by atoms with Crippen LogP contribution in [0.5, 0.6) is 0 Å². The van der Waals surface area contributed by atoms with Crippen LogP contribution in [-0.4, -0.2) is 42.3 Å². The standard InChI is InChI=1S/C15H28N2O4/c1-11(2)12(3-4-13(18)19)5-8-17-14(20)15(16)6-9-21-10-7-15/h11-12H,3-10,16H2,1-2H3,(H,17,20)(H,18,19). The molecule has 0 aromatic heterocycles. The van der Waals surface area contributed by atoms with Gasteiger partial charge < -0.3 is 20.9 Å². The van der Waals surface area contributed by atoms with Crippen molar-refractivity contribution >= 4 is 11.9 Å². The topological polar surface area (TPSA) is 102 Å². The van der Waals surface area contributed by atoms with E-state index in [0.717, 1.165) is 6.42 Å². The highest BCUT2D eigenvalue weighted by Crippen LogP contribution is 2.21. The van der Waals surface area contributed by atoms with Gasteiger partial charge in [0.2, 0.25) is 5.91 Å². The van der Waals surface area contributed by atoms with Crippen molar-refractivity contribution in [3.63, 3.8) is 0 Å². The van der Waals surface area contributed by atoms with Gasteiger partial charge in [-0.1, -0.05) is 13.8 Å². The number of carboxylic acid groups (broad SMARTS) is 1. The molecule has 6 nitrogen and oxygen atoms in total. The Morgan fingerprint density at radius 1 is 1.29 bits per heavy atom. The summed E-state index contributed by atoms with van der Waals surface area (Å²) in [6, 6.07) is 0. The molecule has 1 atom stereocenters. The van der Waals surface area contributed by atoms with Crippen molar-refractivity contribution < 1.29 is 19.4 Å². The molecule has 0 spiro atoms. The molecular weight excluding hydrogens is 272 g/mol. The van der Waals surface area contributed by atoms with E-state index in [9.17, 15) is 9.59 Å². The minimum Gasteiger partial charge on any atom is -0.481 e. The van der Waals surface area contributed by atoms with Crippen LogP contribution in [0.1, 0.15) is 46.0 Å². The van der Waals surface area contributed by atoms with E-state index < -0.39 is 11.5 Å². The first-order valence-electron chi connectivity index (χ1n) is 7.72. The number of carboxylic acids is 1. The molecule has 0 radical (unpaired) electrons. The maximum atomic E-state index is 12.2. The Morgan fingerprint density at radius 3 is 2.43 bits per heavy atom. The minimum absolute atomic E-state index is 0.119. The van der Waals surface area contributed by atoms with Gasteiger partial charge in [0.15, 0.2) is 0 Å². The van der Waals surface area contributed by atoms with Gasteiger partial charge in [0.05, 0.1) is 5.54 Å². The SMILES string of the molecule is CC(C)C(CCNC(=O)C1(N)CCOCC1)CCC(=O)O. The van der Waals surface area contributed by atoms with Crippen molar-refractivity contribution in [2.75, 3.05) is 19.8 Å². The lowest BCUT2D eigenvalue weighted by molar-refractivity contribution is -0.137. The predicted octanol–water partition coefficient (Wildman–Crippen LogP) is 1.14. The Hall–Kier alpha value is -1.14. The largest absolute Gasteiger partial charge is 0.481 e. The Balaban J connectivity index is 2.35. The average Bonchev–Trinajstić information content (AvgIpc) is 2.42. The summed E-state index contributed by atoms with van der Waals surface area (Å²) in [6.07, 6.45) is 2.69. The molecule has 1 saturated heterocycles. The zero-order chi connectivity index (χ0) is 15.9. The number of aliphatic carboxylic acids is 1. The van der Waals surface area contributed by atoms with Crippen LogP contribution >= 0.6 is 0 Å². The van der Waals surface area contributed by atoms with Gasteiger partial charge in [0.1, 0.15) is 0 Å². The summed E-state index contributed by atoms with van der Waals surface area (Å²) < 4.78 is 5.23. The molecule has 1 rings (SSSR count). The second-order valence-corrected chi connectivity index (χ2v) is 6.25. The zero-order valence-corrected chi connectivity index (χ0v) is 13.1. The van der Waals surface area contributed by atoms with E-state index in [-0.39, 0.29) is 12.3 Å². The maximum absolute atomic E-state index is 12.2. The van der Waals surface area contributed by atoms with Gasteiger partial charge in [-0.2, -0.15) is 0 Å². The van der Waals surface area contributed by atoms with Crippen LogP contribution < -0.4 is 11.1 Å².